The van der Waals surface area contributed by atoms with Crippen molar-refractivity contribution in [3.05, 3.63) is 0 Å². The van der Waals surface area contributed by atoms with Crippen molar-refractivity contribution >= 4 is 11.9 Å². The van der Waals surface area contributed by atoms with Crippen LogP contribution in [0.5, 0.6) is 0 Å². The van der Waals surface area contributed by atoms with Crippen LogP contribution >= 0.6 is 0 Å². The van der Waals surface area contributed by atoms with Gasteiger partial charge in [0.15, 0.2) is 0 Å². The monoisotopic (exact) mass is 241 g/mol. The Balaban J connectivity index is 2.39. The Kier molecular flexibility index (Phi) is 5.45. The predicted octanol–water partition coefficient (Wildman–Crippen LogP) is 2.14. The highest BCUT2D eigenvalue weighted by Crippen LogP contribution is 2.25. The van der Waals surface area contributed by atoms with E-state index in [0.29, 0.717) is 31.2 Å². The maximum absolute atomic E-state index is 11.8. The Morgan fingerprint density at radius 1 is 1.47 bits per heavy atom. The molecule has 0 spiro atoms. The number of likely N-dealkylation sites (tertiary alicyclic amines) is 1. The molecule has 0 aromatic rings. The minimum absolute atomic E-state index is 0.150. The number of hydrogen-bond acceptors (Lipinski definition) is 2. The first-order valence-electron chi connectivity index (χ1n) is 6.50. The highest BCUT2D eigenvalue weighted by molar-refractivity contribution is 5.76. The van der Waals surface area contributed by atoms with Crippen LogP contribution in [0.15, 0.2) is 0 Å². The van der Waals surface area contributed by atoms with Crippen LogP contribution in [0.2, 0.25) is 0 Å². The summed E-state index contributed by atoms with van der Waals surface area (Å²) in [7, 11) is 0. The van der Waals surface area contributed by atoms with Crippen molar-refractivity contribution in [1.29, 1.82) is 0 Å². The number of carboxylic acid groups (broad SMARTS) is 1. The zero-order chi connectivity index (χ0) is 12.8. The van der Waals surface area contributed by atoms with E-state index in [1.54, 1.807) is 0 Å². The SMILES string of the molecule is CC(C)C1CCC(=O)N(CCCC(=O)O)CC1. The fourth-order valence-corrected chi connectivity index (χ4v) is 2.38. The second kappa shape index (κ2) is 6.62. The highest BCUT2D eigenvalue weighted by atomic mass is 16.4. The first-order chi connectivity index (χ1) is 8.00. The second-order valence-corrected chi connectivity index (χ2v) is 5.21. The molecule has 98 valence electrons. The molecule has 1 atom stereocenters. The van der Waals surface area contributed by atoms with E-state index in [9.17, 15) is 9.59 Å². The van der Waals surface area contributed by atoms with Crippen LogP contribution in [0.1, 0.15) is 46.0 Å². The minimum atomic E-state index is -0.785. The van der Waals surface area contributed by atoms with E-state index >= 15 is 0 Å². The Hall–Kier alpha value is -1.06. The quantitative estimate of drug-likeness (QED) is 0.802. The summed E-state index contributed by atoms with van der Waals surface area (Å²) in [5, 5.41) is 8.58. The van der Waals surface area contributed by atoms with Crippen molar-refractivity contribution in [3.63, 3.8) is 0 Å². The molecule has 0 saturated carbocycles. The normalized spacial score (nSPS) is 21.7. The van der Waals surface area contributed by atoms with E-state index in [1.807, 2.05) is 4.90 Å². The molecule has 1 fully saturated rings. The van der Waals surface area contributed by atoms with Gasteiger partial charge < -0.3 is 10.0 Å². The van der Waals surface area contributed by atoms with Gasteiger partial charge in [0.1, 0.15) is 0 Å². The first-order valence-corrected chi connectivity index (χ1v) is 6.50. The largest absolute Gasteiger partial charge is 0.481 e. The van der Waals surface area contributed by atoms with Gasteiger partial charge >= 0.3 is 5.97 Å². The third kappa shape index (κ3) is 4.75. The summed E-state index contributed by atoms with van der Waals surface area (Å²) in [5.74, 6) is 0.663. The van der Waals surface area contributed by atoms with Gasteiger partial charge in [0.25, 0.3) is 0 Å². The Labute approximate surface area is 103 Å². The molecule has 1 rings (SSSR count). The lowest BCUT2D eigenvalue weighted by atomic mass is 9.89. The topological polar surface area (TPSA) is 57.6 Å². The van der Waals surface area contributed by atoms with Crippen molar-refractivity contribution in [3.8, 4) is 0 Å². The summed E-state index contributed by atoms with van der Waals surface area (Å²) in [6.45, 7) is 5.79. The molecule has 0 radical (unpaired) electrons. The standard InChI is InChI=1S/C13H23NO3/c1-10(2)11-5-6-12(15)14(9-7-11)8-3-4-13(16)17/h10-11H,3-9H2,1-2H3,(H,16,17). The van der Waals surface area contributed by atoms with E-state index in [0.717, 1.165) is 19.4 Å². The first kappa shape index (κ1) is 14.0. The molecular weight excluding hydrogens is 218 g/mol. The molecule has 0 aliphatic carbocycles. The molecule has 1 aliphatic heterocycles. The van der Waals surface area contributed by atoms with Gasteiger partial charge in [0, 0.05) is 25.9 Å². The number of aliphatic carboxylic acids is 1. The van der Waals surface area contributed by atoms with E-state index in [4.69, 9.17) is 5.11 Å². The lowest BCUT2D eigenvalue weighted by molar-refractivity contribution is -0.138. The molecule has 1 N–H and O–H groups in total. The van der Waals surface area contributed by atoms with Gasteiger partial charge in [-0.3, -0.25) is 9.59 Å². The molecule has 1 aliphatic rings. The van der Waals surface area contributed by atoms with Crippen LogP contribution in [0.3, 0.4) is 0 Å². The number of carboxylic acids is 1. The van der Waals surface area contributed by atoms with Crippen molar-refractivity contribution in [2.24, 2.45) is 11.8 Å². The molecule has 1 saturated heterocycles. The van der Waals surface area contributed by atoms with Crippen molar-refractivity contribution in [1.82, 2.24) is 4.90 Å². The average molecular weight is 241 g/mol. The van der Waals surface area contributed by atoms with Gasteiger partial charge in [-0.05, 0) is 31.1 Å². The molecule has 1 unspecified atom stereocenters. The van der Waals surface area contributed by atoms with Crippen LogP contribution in [-0.4, -0.2) is 35.0 Å². The van der Waals surface area contributed by atoms with E-state index < -0.39 is 5.97 Å². The maximum Gasteiger partial charge on any atom is 0.303 e. The van der Waals surface area contributed by atoms with Gasteiger partial charge in [0.05, 0.1) is 0 Å². The summed E-state index contributed by atoms with van der Waals surface area (Å²) in [5.41, 5.74) is 0. The molecule has 17 heavy (non-hydrogen) atoms. The lowest BCUT2D eigenvalue weighted by Crippen LogP contribution is -2.31. The highest BCUT2D eigenvalue weighted by Gasteiger charge is 2.23. The molecule has 4 heteroatoms. The van der Waals surface area contributed by atoms with Crippen LogP contribution in [0, 0.1) is 11.8 Å². The summed E-state index contributed by atoms with van der Waals surface area (Å²) >= 11 is 0. The number of amides is 1. The Morgan fingerprint density at radius 3 is 2.76 bits per heavy atom. The number of carbonyl (C=O) groups excluding carboxylic acids is 1. The Morgan fingerprint density at radius 2 is 2.18 bits per heavy atom. The maximum atomic E-state index is 11.8. The molecule has 0 aromatic heterocycles. The molecule has 1 amide bonds. The van der Waals surface area contributed by atoms with Gasteiger partial charge in [-0.2, -0.15) is 0 Å². The van der Waals surface area contributed by atoms with Gasteiger partial charge in [-0.25, -0.2) is 0 Å². The molecule has 0 aromatic carbocycles. The van der Waals surface area contributed by atoms with Crippen LogP contribution in [0.4, 0.5) is 0 Å². The van der Waals surface area contributed by atoms with Crippen molar-refractivity contribution < 1.29 is 14.7 Å². The number of carbonyl (C=O) groups is 2. The van der Waals surface area contributed by atoms with E-state index in [-0.39, 0.29) is 12.3 Å². The minimum Gasteiger partial charge on any atom is -0.481 e. The van der Waals surface area contributed by atoms with Gasteiger partial charge in [-0.15, -0.1) is 0 Å². The van der Waals surface area contributed by atoms with Crippen molar-refractivity contribution in [2.45, 2.75) is 46.0 Å². The van der Waals surface area contributed by atoms with Crippen LogP contribution in [0.25, 0.3) is 0 Å². The van der Waals surface area contributed by atoms with E-state index in [2.05, 4.69) is 13.8 Å². The molecule has 1 heterocycles. The van der Waals surface area contributed by atoms with Gasteiger partial charge in [0.2, 0.25) is 5.91 Å². The molecule has 0 bridgehead atoms. The number of nitrogens with zero attached hydrogens (tertiary/aromatic N) is 1. The zero-order valence-electron chi connectivity index (χ0n) is 10.8. The lowest BCUT2D eigenvalue weighted by Gasteiger charge is -2.21. The van der Waals surface area contributed by atoms with Crippen LogP contribution in [-0.2, 0) is 9.59 Å². The zero-order valence-corrected chi connectivity index (χ0v) is 10.8. The Bertz CT molecular complexity index is 276. The second-order valence-electron chi connectivity index (χ2n) is 5.21. The van der Waals surface area contributed by atoms with E-state index in [1.165, 1.54) is 0 Å². The fraction of sp³-hybridized carbons (Fsp3) is 0.846. The van der Waals surface area contributed by atoms with Crippen molar-refractivity contribution in [2.75, 3.05) is 13.1 Å². The summed E-state index contributed by atoms with van der Waals surface area (Å²) in [6, 6.07) is 0. The third-order valence-electron chi connectivity index (χ3n) is 3.61. The number of rotatable bonds is 5. The fourth-order valence-electron chi connectivity index (χ4n) is 2.38. The van der Waals surface area contributed by atoms with Crippen LogP contribution < -0.4 is 0 Å². The molecular formula is C13H23NO3. The summed E-state index contributed by atoms with van der Waals surface area (Å²) < 4.78 is 0. The summed E-state index contributed by atoms with van der Waals surface area (Å²) in [6.07, 6.45) is 3.36. The average Bonchev–Trinajstić information content (AvgIpc) is 2.41. The number of hydrogen-bond donors (Lipinski definition) is 1. The summed E-state index contributed by atoms with van der Waals surface area (Å²) in [4.78, 5) is 24.1. The van der Waals surface area contributed by atoms with Gasteiger partial charge in [-0.1, -0.05) is 13.8 Å². The predicted molar refractivity (Wildman–Crippen MR) is 65.6 cm³/mol. The molecule has 4 nitrogen and oxygen atoms in total. The third-order valence-corrected chi connectivity index (χ3v) is 3.61. The smallest absolute Gasteiger partial charge is 0.303 e.